The molecule has 1 unspecified atom stereocenters. The third-order valence-corrected chi connectivity index (χ3v) is 3.28. The SMILES string of the molecule is CCCC(COCCOCC(C)C)CS(N)(=O)=O. The van der Waals surface area contributed by atoms with Gasteiger partial charge in [0.1, 0.15) is 0 Å². The van der Waals surface area contributed by atoms with Crippen molar-refractivity contribution in [2.45, 2.75) is 33.6 Å². The number of primary sulfonamides is 1. The lowest BCUT2D eigenvalue weighted by Gasteiger charge is -2.15. The maximum Gasteiger partial charge on any atom is 0.209 e. The largest absolute Gasteiger partial charge is 0.379 e. The second-order valence-corrected chi connectivity index (χ2v) is 6.69. The Balaban J connectivity index is 3.71. The Labute approximate surface area is 111 Å². The normalized spacial score (nSPS) is 14.1. The van der Waals surface area contributed by atoms with Crippen LogP contribution in [0.1, 0.15) is 33.6 Å². The van der Waals surface area contributed by atoms with Crippen molar-refractivity contribution < 1.29 is 17.9 Å². The van der Waals surface area contributed by atoms with Gasteiger partial charge in [-0.2, -0.15) is 0 Å². The van der Waals surface area contributed by atoms with Gasteiger partial charge in [-0.1, -0.05) is 27.2 Å². The van der Waals surface area contributed by atoms with Crippen molar-refractivity contribution in [3.63, 3.8) is 0 Å². The van der Waals surface area contributed by atoms with Crippen LogP contribution in [0.15, 0.2) is 0 Å². The molecule has 0 aliphatic heterocycles. The molecule has 0 radical (unpaired) electrons. The van der Waals surface area contributed by atoms with E-state index in [9.17, 15) is 8.42 Å². The molecule has 0 saturated carbocycles. The summed E-state index contributed by atoms with van der Waals surface area (Å²) in [6.45, 7) is 8.38. The van der Waals surface area contributed by atoms with Gasteiger partial charge in [-0.25, -0.2) is 13.6 Å². The van der Waals surface area contributed by atoms with Gasteiger partial charge >= 0.3 is 0 Å². The molecule has 0 aromatic heterocycles. The van der Waals surface area contributed by atoms with Crippen molar-refractivity contribution >= 4 is 10.0 Å². The number of rotatable bonds is 11. The van der Waals surface area contributed by atoms with Gasteiger partial charge in [0.15, 0.2) is 0 Å². The minimum atomic E-state index is -3.42. The first-order chi connectivity index (χ1) is 8.35. The zero-order valence-electron chi connectivity index (χ0n) is 11.7. The van der Waals surface area contributed by atoms with E-state index in [1.807, 2.05) is 6.92 Å². The molecule has 0 bridgehead atoms. The van der Waals surface area contributed by atoms with Crippen LogP contribution in [0.4, 0.5) is 0 Å². The number of hydrogen-bond acceptors (Lipinski definition) is 4. The standard InChI is InChI=1S/C12H27NO4S/c1-4-5-12(10-18(13,14)15)9-17-7-6-16-8-11(2)3/h11-12H,4-10H2,1-3H3,(H2,13,14,15). The smallest absolute Gasteiger partial charge is 0.209 e. The van der Waals surface area contributed by atoms with Crippen LogP contribution in [0.25, 0.3) is 0 Å². The molecule has 0 spiro atoms. The summed E-state index contributed by atoms with van der Waals surface area (Å²) in [5, 5.41) is 5.04. The zero-order chi connectivity index (χ0) is 14.0. The van der Waals surface area contributed by atoms with Crippen molar-refractivity contribution in [2.24, 2.45) is 17.0 Å². The highest BCUT2D eigenvalue weighted by atomic mass is 32.2. The van der Waals surface area contributed by atoms with Crippen molar-refractivity contribution in [1.29, 1.82) is 0 Å². The molecule has 0 saturated heterocycles. The Morgan fingerprint density at radius 2 is 1.67 bits per heavy atom. The summed E-state index contributed by atoms with van der Waals surface area (Å²) in [4.78, 5) is 0. The third-order valence-electron chi connectivity index (χ3n) is 2.34. The molecular formula is C12H27NO4S. The Kier molecular flexibility index (Phi) is 9.63. The summed E-state index contributed by atoms with van der Waals surface area (Å²) in [7, 11) is -3.42. The summed E-state index contributed by atoms with van der Waals surface area (Å²) < 4.78 is 32.8. The Morgan fingerprint density at radius 1 is 1.11 bits per heavy atom. The number of hydrogen-bond donors (Lipinski definition) is 1. The maximum atomic E-state index is 11.0. The number of ether oxygens (including phenoxy) is 2. The van der Waals surface area contributed by atoms with E-state index in [4.69, 9.17) is 14.6 Å². The van der Waals surface area contributed by atoms with Crippen molar-refractivity contribution in [1.82, 2.24) is 0 Å². The highest BCUT2D eigenvalue weighted by Crippen LogP contribution is 2.09. The fourth-order valence-corrected chi connectivity index (χ4v) is 2.56. The van der Waals surface area contributed by atoms with Crippen LogP contribution < -0.4 is 5.14 Å². The van der Waals surface area contributed by atoms with Gasteiger partial charge in [-0.15, -0.1) is 0 Å². The first kappa shape index (κ1) is 17.8. The zero-order valence-corrected chi connectivity index (χ0v) is 12.5. The predicted molar refractivity (Wildman–Crippen MR) is 72.8 cm³/mol. The molecule has 0 rings (SSSR count). The molecule has 0 aromatic carbocycles. The van der Waals surface area contributed by atoms with Gasteiger partial charge in [0.25, 0.3) is 0 Å². The van der Waals surface area contributed by atoms with E-state index in [-0.39, 0.29) is 11.7 Å². The van der Waals surface area contributed by atoms with Crippen LogP contribution in [-0.2, 0) is 19.5 Å². The molecule has 6 heteroatoms. The van der Waals surface area contributed by atoms with Crippen molar-refractivity contribution in [2.75, 3.05) is 32.2 Å². The summed E-state index contributed by atoms with van der Waals surface area (Å²) in [5.74, 6) is 0.489. The van der Waals surface area contributed by atoms with Crippen LogP contribution >= 0.6 is 0 Å². The minimum absolute atomic E-state index is 0.00626. The molecule has 0 aromatic rings. The fourth-order valence-electron chi connectivity index (χ4n) is 1.64. The van der Waals surface area contributed by atoms with E-state index < -0.39 is 10.0 Å². The van der Waals surface area contributed by atoms with Crippen molar-refractivity contribution in [3.8, 4) is 0 Å². The van der Waals surface area contributed by atoms with Gasteiger partial charge in [0, 0.05) is 6.61 Å². The van der Waals surface area contributed by atoms with Crippen LogP contribution in [0, 0.1) is 11.8 Å². The van der Waals surface area contributed by atoms with E-state index in [0.717, 1.165) is 19.4 Å². The molecule has 5 nitrogen and oxygen atoms in total. The summed E-state index contributed by atoms with van der Waals surface area (Å²) in [6, 6.07) is 0. The molecule has 0 fully saturated rings. The molecule has 0 amide bonds. The maximum absolute atomic E-state index is 11.0. The summed E-state index contributed by atoms with van der Waals surface area (Å²) >= 11 is 0. The van der Waals surface area contributed by atoms with Gasteiger partial charge in [0.2, 0.25) is 10.0 Å². The molecule has 0 heterocycles. The predicted octanol–water partition coefficient (Wildman–Crippen LogP) is 1.38. The van der Waals surface area contributed by atoms with Crippen LogP contribution in [-0.4, -0.2) is 40.6 Å². The van der Waals surface area contributed by atoms with E-state index in [1.165, 1.54) is 0 Å². The van der Waals surface area contributed by atoms with E-state index in [1.54, 1.807) is 0 Å². The lowest BCUT2D eigenvalue weighted by molar-refractivity contribution is 0.0267. The molecule has 2 N–H and O–H groups in total. The molecular weight excluding hydrogens is 254 g/mol. The average Bonchev–Trinajstić information content (AvgIpc) is 2.20. The van der Waals surface area contributed by atoms with Gasteiger partial charge in [0.05, 0.1) is 25.6 Å². The highest BCUT2D eigenvalue weighted by molar-refractivity contribution is 7.89. The van der Waals surface area contributed by atoms with E-state index >= 15 is 0 Å². The topological polar surface area (TPSA) is 78.6 Å². The summed E-state index contributed by atoms with van der Waals surface area (Å²) in [5.41, 5.74) is 0. The second kappa shape index (κ2) is 9.72. The quantitative estimate of drug-likeness (QED) is 0.580. The van der Waals surface area contributed by atoms with Crippen molar-refractivity contribution in [3.05, 3.63) is 0 Å². The first-order valence-electron chi connectivity index (χ1n) is 6.51. The Hall–Kier alpha value is -0.170. The van der Waals surface area contributed by atoms with Gasteiger partial charge < -0.3 is 9.47 Å². The average molecular weight is 281 g/mol. The van der Waals surface area contributed by atoms with Crippen LogP contribution in [0.3, 0.4) is 0 Å². The Bertz CT molecular complexity index is 290. The highest BCUT2D eigenvalue weighted by Gasteiger charge is 2.15. The molecule has 0 aliphatic rings. The van der Waals surface area contributed by atoms with Crippen LogP contribution in [0.2, 0.25) is 0 Å². The number of nitrogens with two attached hydrogens (primary N) is 1. The van der Waals surface area contributed by atoms with E-state index in [2.05, 4.69) is 13.8 Å². The summed E-state index contributed by atoms with van der Waals surface area (Å²) in [6.07, 6.45) is 1.73. The fraction of sp³-hybridized carbons (Fsp3) is 1.00. The second-order valence-electron chi connectivity index (χ2n) is 5.03. The number of sulfonamides is 1. The Morgan fingerprint density at radius 3 is 2.11 bits per heavy atom. The monoisotopic (exact) mass is 281 g/mol. The molecule has 18 heavy (non-hydrogen) atoms. The third kappa shape index (κ3) is 12.3. The van der Waals surface area contributed by atoms with E-state index in [0.29, 0.717) is 25.7 Å². The molecule has 110 valence electrons. The molecule has 0 aliphatic carbocycles. The first-order valence-corrected chi connectivity index (χ1v) is 8.22. The van der Waals surface area contributed by atoms with Gasteiger partial charge in [-0.3, -0.25) is 0 Å². The van der Waals surface area contributed by atoms with Gasteiger partial charge in [-0.05, 0) is 18.3 Å². The van der Waals surface area contributed by atoms with Crippen LogP contribution in [0.5, 0.6) is 0 Å². The minimum Gasteiger partial charge on any atom is -0.379 e. The molecule has 1 atom stereocenters. The lowest BCUT2D eigenvalue weighted by Crippen LogP contribution is -2.26. The lowest BCUT2D eigenvalue weighted by atomic mass is 10.1.